The quantitative estimate of drug-likeness (QED) is 0.313. The molecule has 3 nitrogen and oxygen atoms in total. The summed E-state index contributed by atoms with van der Waals surface area (Å²) in [6, 6.07) is 0. The van der Waals surface area contributed by atoms with E-state index in [0.717, 1.165) is 0 Å². The molecule has 0 aliphatic heterocycles. The number of rotatable bonds is 1. The van der Waals surface area contributed by atoms with Crippen molar-refractivity contribution in [3.05, 3.63) is 0 Å². The Morgan fingerprint density at radius 2 is 2.25 bits per heavy atom. The van der Waals surface area contributed by atoms with E-state index in [2.05, 4.69) is 16.3 Å². The molecule has 0 aromatic carbocycles. The average molecular weight is 61.1 g/mol. The largest absolute Gasteiger partial charge is 0.270 e. The third-order valence-electron chi connectivity index (χ3n) is 0.105. The Labute approximate surface area is 24.7 Å². The molecular formula is CH5N2O. The third kappa shape index (κ3) is 1.88. The van der Waals surface area contributed by atoms with Crippen molar-refractivity contribution in [1.82, 2.24) is 5.59 Å². The van der Waals surface area contributed by atoms with E-state index in [9.17, 15) is 0 Å². The van der Waals surface area contributed by atoms with Crippen LogP contribution in [0.5, 0.6) is 0 Å². The molecule has 0 heterocycles. The Bertz CT molecular complexity index is 8.00. The molecule has 2 N–H and O–H groups in total. The van der Waals surface area contributed by atoms with Crippen molar-refractivity contribution in [2.24, 2.45) is 5.84 Å². The molecule has 0 saturated carbocycles. The van der Waals surface area contributed by atoms with Gasteiger partial charge in [0.1, 0.15) is 0 Å². The fourth-order valence-electron chi connectivity index (χ4n) is 0. The van der Waals surface area contributed by atoms with E-state index in [4.69, 9.17) is 0 Å². The van der Waals surface area contributed by atoms with Gasteiger partial charge >= 0.3 is 0 Å². The highest BCUT2D eigenvalue weighted by molar-refractivity contribution is 3.61. The van der Waals surface area contributed by atoms with Crippen LogP contribution in [0.1, 0.15) is 0 Å². The first-order chi connectivity index (χ1) is 1.91. The van der Waals surface area contributed by atoms with Crippen molar-refractivity contribution >= 4 is 0 Å². The predicted octanol–water partition coefficient (Wildman–Crippen LogP) is -0.974. The van der Waals surface area contributed by atoms with Gasteiger partial charge in [-0.25, -0.2) is 5.84 Å². The minimum atomic E-state index is 1.39. The molecule has 0 aliphatic rings. The second kappa shape index (κ2) is 2.88. The van der Waals surface area contributed by atoms with Crippen LogP contribution in [0, 0.1) is 0 Å². The summed E-state index contributed by atoms with van der Waals surface area (Å²) in [7, 11) is 1.39. The van der Waals surface area contributed by atoms with Crippen LogP contribution >= 0.6 is 0 Å². The van der Waals surface area contributed by atoms with Crippen LogP contribution in [0.3, 0.4) is 0 Å². The zero-order chi connectivity index (χ0) is 3.41. The van der Waals surface area contributed by atoms with Gasteiger partial charge in [0.05, 0.1) is 7.11 Å². The molecule has 0 bridgehead atoms. The minimum absolute atomic E-state index is 1.39. The van der Waals surface area contributed by atoms with Crippen molar-refractivity contribution in [2.75, 3.05) is 7.11 Å². The molecule has 0 aliphatic carbocycles. The lowest BCUT2D eigenvalue weighted by Crippen LogP contribution is -2.09. The number of nitrogens with two attached hydrogens (primary N) is 1. The van der Waals surface area contributed by atoms with Crippen LogP contribution in [0.15, 0.2) is 0 Å². The third-order valence-corrected chi connectivity index (χ3v) is 0.105. The van der Waals surface area contributed by atoms with Gasteiger partial charge in [0.15, 0.2) is 0 Å². The summed E-state index contributed by atoms with van der Waals surface area (Å²) in [5.74, 6) is 4.43. The van der Waals surface area contributed by atoms with E-state index in [1.807, 2.05) is 0 Å². The lowest BCUT2D eigenvalue weighted by atomic mass is 11.7. The summed E-state index contributed by atoms with van der Waals surface area (Å²) in [5, 5.41) is 0. The second-order valence-corrected chi connectivity index (χ2v) is 0.288. The van der Waals surface area contributed by atoms with E-state index in [1.54, 1.807) is 0 Å². The molecule has 0 amide bonds. The van der Waals surface area contributed by atoms with E-state index in [-0.39, 0.29) is 0 Å². The van der Waals surface area contributed by atoms with E-state index in [0.29, 0.717) is 0 Å². The van der Waals surface area contributed by atoms with E-state index < -0.39 is 0 Å². The SMILES string of the molecule is CO[N]N. The van der Waals surface area contributed by atoms with Gasteiger partial charge in [-0.2, -0.15) is 0 Å². The molecule has 25 valence electrons. The van der Waals surface area contributed by atoms with Gasteiger partial charge in [0.25, 0.3) is 0 Å². The molecule has 0 aromatic heterocycles. The van der Waals surface area contributed by atoms with Crippen molar-refractivity contribution in [3.8, 4) is 0 Å². The van der Waals surface area contributed by atoms with Gasteiger partial charge in [-0.15, -0.1) is 0 Å². The Morgan fingerprint density at radius 3 is 2.25 bits per heavy atom. The van der Waals surface area contributed by atoms with Crippen LogP contribution in [0.2, 0.25) is 0 Å². The molecule has 4 heavy (non-hydrogen) atoms. The molecular weight excluding hydrogens is 56.0 g/mol. The van der Waals surface area contributed by atoms with Crippen LogP contribution in [0.4, 0.5) is 0 Å². The molecule has 0 atom stereocenters. The monoisotopic (exact) mass is 61.0 g/mol. The maximum Gasteiger partial charge on any atom is 0.0608 e. The van der Waals surface area contributed by atoms with Crippen LogP contribution in [0.25, 0.3) is 0 Å². The number of hydrogen-bond donors (Lipinski definition) is 1. The van der Waals surface area contributed by atoms with Gasteiger partial charge < -0.3 is 0 Å². The molecule has 3 heteroatoms. The molecule has 0 spiro atoms. The predicted molar refractivity (Wildman–Crippen MR) is 13.3 cm³/mol. The van der Waals surface area contributed by atoms with Gasteiger partial charge in [0, 0.05) is 0 Å². The van der Waals surface area contributed by atoms with Crippen molar-refractivity contribution in [1.29, 1.82) is 0 Å². The van der Waals surface area contributed by atoms with Crippen LogP contribution < -0.4 is 11.4 Å². The fraction of sp³-hybridized carbons (Fsp3) is 1.00. The number of nitrogens with zero attached hydrogens (tertiary/aromatic N) is 1. The van der Waals surface area contributed by atoms with Crippen molar-refractivity contribution < 1.29 is 4.84 Å². The van der Waals surface area contributed by atoms with Gasteiger partial charge in [0.2, 0.25) is 0 Å². The van der Waals surface area contributed by atoms with Crippen molar-refractivity contribution in [2.45, 2.75) is 0 Å². The summed E-state index contributed by atoms with van der Waals surface area (Å²) in [6.07, 6.45) is 0. The highest BCUT2D eigenvalue weighted by Gasteiger charge is 1.50. The average Bonchev–Trinajstić information content (AvgIpc) is 1.37. The summed E-state index contributed by atoms with van der Waals surface area (Å²) in [4.78, 5) is 3.94. The zero-order valence-electron chi connectivity index (χ0n) is 2.43. The molecule has 0 saturated heterocycles. The Morgan fingerprint density at radius 1 is 2.00 bits per heavy atom. The first-order valence-corrected chi connectivity index (χ1v) is 0.849. The highest BCUT2D eigenvalue weighted by Crippen LogP contribution is 1.32. The molecule has 0 unspecified atom stereocenters. The summed E-state index contributed by atoms with van der Waals surface area (Å²) in [6.45, 7) is 0. The topological polar surface area (TPSA) is 49.4 Å². The second-order valence-electron chi connectivity index (χ2n) is 0.288. The lowest BCUT2D eigenvalue weighted by molar-refractivity contribution is 0.0831. The van der Waals surface area contributed by atoms with Crippen molar-refractivity contribution in [3.63, 3.8) is 0 Å². The molecule has 0 fully saturated rings. The first kappa shape index (κ1) is 3.88. The molecule has 0 aromatic rings. The summed E-state index contributed by atoms with van der Waals surface area (Å²) < 4.78 is 0. The van der Waals surface area contributed by atoms with E-state index in [1.165, 1.54) is 7.11 Å². The summed E-state index contributed by atoms with van der Waals surface area (Å²) in [5.41, 5.74) is 2.74. The Kier molecular flexibility index (Phi) is 2.79. The lowest BCUT2D eigenvalue weighted by Gasteiger charge is -1.75. The van der Waals surface area contributed by atoms with Crippen LogP contribution in [-0.4, -0.2) is 7.11 Å². The smallest absolute Gasteiger partial charge is 0.0608 e. The fourth-order valence-corrected chi connectivity index (χ4v) is 0. The zero-order valence-corrected chi connectivity index (χ0v) is 2.43. The number of hydrogen-bond acceptors (Lipinski definition) is 2. The standard InChI is InChI=1S/CH5N2O/c1-4-3-2/h2H2,1H3. The maximum absolute atomic E-state index is 4.43. The van der Waals surface area contributed by atoms with E-state index >= 15 is 0 Å². The normalized spacial score (nSPS) is 7.50. The molecule has 0 rings (SSSR count). The minimum Gasteiger partial charge on any atom is -0.270 e. The highest BCUT2D eigenvalue weighted by atomic mass is 16.7. The Balaban J connectivity index is 1.97. The Hall–Kier alpha value is -0.120. The van der Waals surface area contributed by atoms with Gasteiger partial charge in [-0.05, 0) is 5.59 Å². The van der Waals surface area contributed by atoms with Crippen LogP contribution in [-0.2, 0) is 4.84 Å². The van der Waals surface area contributed by atoms with Gasteiger partial charge in [-0.3, -0.25) is 4.84 Å². The first-order valence-electron chi connectivity index (χ1n) is 0.849. The maximum atomic E-state index is 4.43. The molecule has 1 radical (unpaired) electrons. The van der Waals surface area contributed by atoms with Gasteiger partial charge in [-0.1, -0.05) is 0 Å². The summed E-state index contributed by atoms with van der Waals surface area (Å²) >= 11 is 0.